The van der Waals surface area contributed by atoms with Crippen LogP contribution in [0.4, 0.5) is 0 Å². The summed E-state index contributed by atoms with van der Waals surface area (Å²) >= 11 is 0. The number of piperazine rings is 1. The third-order valence-electron chi connectivity index (χ3n) is 4.14. The molecule has 0 radical (unpaired) electrons. The third kappa shape index (κ3) is 3.86. The first kappa shape index (κ1) is 16.0. The summed E-state index contributed by atoms with van der Waals surface area (Å²) < 4.78 is 0. The highest BCUT2D eigenvalue weighted by molar-refractivity contribution is 5.95. The van der Waals surface area contributed by atoms with E-state index in [1.165, 1.54) is 0 Å². The quantitative estimate of drug-likeness (QED) is 0.864. The molecule has 118 valence electrons. The highest BCUT2D eigenvalue weighted by Crippen LogP contribution is 2.18. The van der Waals surface area contributed by atoms with Gasteiger partial charge in [0, 0.05) is 50.7 Å². The number of aliphatic hydroxyl groups is 1. The minimum absolute atomic E-state index is 0.0980. The van der Waals surface area contributed by atoms with Crippen LogP contribution in [0, 0.1) is 12.8 Å². The normalized spacial score (nSPS) is 20.2. The van der Waals surface area contributed by atoms with Crippen LogP contribution in [0.2, 0.25) is 0 Å². The number of H-pyrrole nitrogens is 1. The van der Waals surface area contributed by atoms with E-state index >= 15 is 0 Å². The van der Waals surface area contributed by atoms with Crippen molar-refractivity contribution in [1.82, 2.24) is 14.8 Å². The zero-order valence-corrected chi connectivity index (χ0v) is 13.3. The second-order valence-corrected chi connectivity index (χ2v) is 6.32. The van der Waals surface area contributed by atoms with Crippen LogP contribution >= 0.6 is 0 Å². The summed E-state index contributed by atoms with van der Waals surface area (Å²) in [7, 11) is 0. The summed E-state index contributed by atoms with van der Waals surface area (Å²) in [4.78, 5) is 20.0. The molecule has 1 aliphatic rings. The molecule has 0 unspecified atom stereocenters. The molecule has 2 rings (SSSR count). The molecule has 1 fully saturated rings. The summed E-state index contributed by atoms with van der Waals surface area (Å²) in [6.45, 7) is 9.88. The number of hydrogen-bond acceptors (Lipinski definition) is 3. The van der Waals surface area contributed by atoms with Gasteiger partial charge in [0.25, 0.3) is 5.91 Å². The van der Waals surface area contributed by atoms with Gasteiger partial charge in [-0.25, -0.2) is 0 Å². The molecule has 21 heavy (non-hydrogen) atoms. The number of nitrogens with zero attached hydrogens (tertiary/aromatic N) is 2. The zero-order chi connectivity index (χ0) is 15.4. The van der Waals surface area contributed by atoms with Crippen LogP contribution in [0.1, 0.15) is 36.3 Å². The van der Waals surface area contributed by atoms with E-state index in [-0.39, 0.29) is 18.6 Å². The van der Waals surface area contributed by atoms with Gasteiger partial charge in [-0.2, -0.15) is 0 Å². The Morgan fingerprint density at radius 1 is 1.48 bits per heavy atom. The number of amides is 1. The molecular weight excluding hydrogens is 266 g/mol. The van der Waals surface area contributed by atoms with Gasteiger partial charge in [-0.15, -0.1) is 0 Å². The van der Waals surface area contributed by atoms with Crippen molar-refractivity contribution in [1.29, 1.82) is 0 Å². The average Bonchev–Trinajstić information content (AvgIpc) is 2.86. The Morgan fingerprint density at radius 2 is 2.24 bits per heavy atom. The summed E-state index contributed by atoms with van der Waals surface area (Å²) in [6.07, 6.45) is 2.53. The maximum atomic E-state index is 12.6. The Labute approximate surface area is 126 Å². The number of carbonyl (C=O) groups excluding carboxylic acids is 1. The largest absolute Gasteiger partial charge is 0.396 e. The first-order valence-electron chi connectivity index (χ1n) is 7.81. The summed E-state index contributed by atoms with van der Waals surface area (Å²) in [5.41, 5.74) is 1.68. The molecule has 0 bridgehead atoms. The van der Waals surface area contributed by atoms with Crippen LogP contribution in [0.5, 0.6) is 0 Å². The monoisotopic (exact) mass is 293 g/mol. The van der Waals surface area contributed by atoms with E-state index in [2.05, 4.69) is 23.7 Å². The first-order chi connectivity index (χ1) is 10.0. The van der Waals surface area contributed by atoms with Crippen molar-refractivity contribution in [3.05, 3.63) is 23.5 Å². The van der Waals surface area contributed by atoms with Gasteiger partial charge in [0.1, 0.15) is 0 Å². The van der Waals surface area contributed by atoms with E-state index in [4.69, 9.17) is 0 Å². The molecular formula is C16H27N3O2. The molecule has 5 nitrogen and oxygen atoms in total. The number of hydrogen-bond donors (Lipinski definition) is 2. The first-order valence-corrected chi connectivity index (χ1v) is 7.81. The fourth-order valence-corrected chi connectivity index (χ4v) is 3.06. The smallest absolute Gasteiger partial charge is 0.255 e. The van der Waals surface area contributed by atoms with Crippen LogP contribution in [0.15, 0.2) is 12.3 Å². The van der Waals surface area contributed by atoms with Crippen molar-refractivity contribution in [3.8, 4) is 0 Å². The van der Waals surface area contributed by atoms with Crippen LogP contribution in [0.3, 0.4) is 0 Å². The summed E-state index contributed by atoms with van der Waals surface area (Å²) in [5, 5.41) is 9.29. The molecule has 1 amide bonds. The van der Waals surface area contributed by atoms with Gasteiger partial charge in [0.15, 0.2) is 0 Å². The number of aryl methyl sites for hydroxylation is 1. The van der Waals surface area contributed by atoms with Crippen molar-refractivity contribution in [2.45, 2.75) is 33.2 Å². The molecule has 0 spiro atoms. The molecule has 1 aromatic heterocycles. The van der Waals surface area contributed by atoms with Gasteiger partial charge in [0.05, 0.1) is 5.56 Å². The Balaban J connectivity index is 2.04. The van der Waals surface area contributed by atoms with E-state index < -0.39 is 0 Å². The highest BCUT2D eigenvalue weighted by atomic mass is 16.3. The summed E-state index contributed by atoms with van der Waals surface area (Å²) in [6, 6.07) is 2.11. The highest BCUT2D eigenvalue weighted by Gasteiger charge is 2.30. The van der Waals surface area contributed by atoms with E-state index in [0.29, 0.717) is 12.5 Å². The fraction of sp³-hybridized carbons (Fsp3) is 0.688. The number of rotatable bonds is 5. The molecule has 0 aliphatic carbocycles. The maximum Gasteiger partial charge on any atom is 0.255 e. The third-order valence-corrected chi connectivity index (χ3v) is 4.14. The second-order valence-electron chi connectivity index (χ2n) is 6.32. The number of carbonyl (C=O) groups is 1. The molecule has 0 saturated carbocycles. The lowest BCUT2D eigenvalue weighted by molar-refractivity contribution is 0.0384. The van der Waals surface area contributed by atoms with Gasteiger partial charge in [-0.05, 0) is 25.3 Å². The van der Waals surface area contributed by atoms with Gasteiger partial charge >= 0.3 is 0 Å². The molecule has 1 aliphatic heterocycles. The van der Waals surface area contributed by atoms with E-state index in [1.807, 2.05) is 24.1 Å². The second kappa shape index (κ2) is 7.09. The van der Waals surface area contributed by atoms with Crippen LogP contribution < -0.4 is 0 Å². The molecule has 1 aromatic rings. The van der Waals surface area contributed by atoms with Gasteiger partial charge in [-0.1, -0.05) is 13.8 Å². The Morgan fingerprint density at radius 3 is 2.81 bits per heavy atom. The number of nitrogens with one attached hydrogen (secondary N) is 1. The topological polar surface area (TPSA) is 59.6 Å². The van der Waals surface area contributed by atoms with Crippen LogP contribution in [-0.4, -0.2) is 64.6 Å². The van der Waals surface area contributed by atoms with Gasteiger partial charge < -0.3 is 15.0 Å². The molecule has 5 heteroatoms. The lowest BCUT2D eigenvalue weighted by Gasteiger charge is -2.42. The van der Waals surface area contributed by atoms with E-state index in [1.54, 1.807) is 0 Å². The van der Waals surface area contributed by atoms with E-state index in [0.717, 1.165) is 37.3 Å². The number of aliphatic hydroxyl groups excluding tert-OH is 1. The zero-order valence-electron chi connectivity index (χ0n) is 13.3. The Kier molecular flexibility index (Phi) is 5.42. The number of aromatic nitrogens is 1. The van der Waals surface area contributed by atoms with Crippen molar-refractivity contribution in [2.75, 3.05) is 32.8 Å². The SMILES string of the molecule is Cc1[nH]ccc1C(=O)N1CCN(CC(C)C)[C@H](CCO)C1. The molecule has 2 heterocycles. The fourth-order valence-electron chi connectivity index (χ4n) is 3.06. The van der Waals surface area contributed by atoms with Crippen molar-refractivity contribution >= 4 is 5.91 Å². The van der Waals surface area contributed by atoms with Crippen LogP contribution in [-0.2, 0) is 0 Å². The minimum atomic E-state index is 0.0980. The molecule has 1 saturated heterocycles. The Bertz CT molecular complexity index is 470. The van der Waals surface area contributed by atoms with Gasteiger partial charge in [-0.3, -0.25) is 9.69 Å². The van der Waals surface area contributed by atoms with Crippen LogP contribution in [0.25, 0.3) is 0 Å². The maximum absolute atomic E-state index is 12.6. The van der Waals surface area contributed by atoms with E-state index in [9.17, 15) is 9.90 Å². The van der Waals surface area contributed by atoms with Crippen molar-refractivity contribution in [3.63, 3.8) is 0 Å². The van der Waals surface area contributed by atoms with Crippen molar-refractivity contribution in [2.24, 2.45) is 5.92 Å². The van der Waals surface area contributed by atoms with Crippen molar-refractivity contribution < 1.29 is 9.90 Å². The molecule has 0 aromatic carbocycles. The number of aromatic amines is 1. The predicted molar refractivity (Wildman–Crippen MR) is 83.3 cm³/mol. The molecule has 1 atom stereocenters. The predicted octanol–water partition coefficient (Wildman–Crippen LogP) is 1.49. The average molecular weight is 293 g/mol. The van der Waals surface area contributed by atoms with Gasteiger partial charge in [0.2, 0.25) is 0 Å². The summed E-state index contributed by atoms with van der Waals surface area (Å²) in [5.74, 6) is 0.696. The molecule has 2 N–H and O–H groups in total. The lowest BCUT2D eigenvalue weighted by atomic mass is 10.1. The standard InChI is InChI=1S/C16H27N3O2/c1-12(2)10-18-7-8-19(11-14(18)5-9-20)16(21)15-4-6-17-13(15)3/h4,6,12,14,17,20H,5,7-11H2,1-3H3/t14-/m1/s1. The minimum Gasteiger partial charge on any atom is -0.396 e. The lowest BCUT2D eigenvalue weighted by Crippen LogP contribution is -2.55. The Hall–Kier alpha value is -1.33.